The van der Waals surface area contributed by atoms with Gasteiger partial charge in [-0.05, 0) is 13.8 Å². The van der Waals surface area contributed by atoms with E-state index in [4.69, 9.17) is 18.9 Å². The van der Waals surface area contributed by atoms with E-state index in [-0.39, 0.29) is 11.2 Å². The quantitative estimate of drug-likeness (QED) is 0.448. The maximum absolute atomic E-state index is 5.40. The molecule has 14 heavy (non-hydrogen) atoms. The molecule has 0 N–H and O–H groups in total. The van der Waals surface area contributed by atoms with E-state index in [9.17, 15) is 0 Å². The van der Waals surface area contributed by atoms with E-state index < -0.39 is 0 Å². The Kier molecular flexibility index (Phi) is 2.79. The smallest absolute Gasteiger partial charge is 0.112 e. The highest BCUT2D eigenvalue weighted by molar-refractivity contribution is 4.87. The van der Waals surface area contributed by atoms with Gasteiger partial charge < -0.3 is 18.9 Å². The van der Waals surface area contributed by atoms with E-state index in [1.165, 1.54) is 0 Å². The van der Waals surface area contributed by atoms with Crippen LogP contribution in [-0.4, -0.2) is 50.8 Å². The number of hydrogen-bond acceptors (Lipinski definition) is 4. The van der Waals surface area contributed by atoms with E-state index in [2.05, 4.69) is 0 Å². The van der Waals surface area contributed by atoms with Gasteiger partial charge in [-0.15, -0.1) is 0 Å². The number of epoxide rings is 2. The molecule has 2 rings (SSSR count). The molecular weight excluding hydrogens is 184 g/mol. The van der Waals surface area contributed by atoms with Crippen molar-refractivity contribution < 1.29 is 18.9 Å². The van der Waals surface area contributed by atoms with Gasteiger partial charge in [0.1, 0.15) is 11.2 Å². The summed E-state index contributed by atoms with van der Waals surface area (Å²) in [5.41, 5.74) is -0.0167. The lowest BCUT2D eigenvalue weighted by Gasteiger charge is -2.09. The predicted octanol–water partition coefficient (Wildman–Crippen LogP) is 0.597. The first-order chi connectivity index (χ1) is 6.62. The summed E-state index contributed by atoms with van der Waals surface area (Å²) in [6, 6.07) is 0. The topological polar surface area (TPSA) is 43.5 Å². The summed E-state index contributed by atoms with van der Waals surface area (Å²) in [5, 5.41) is 0. The summed E-state index contributed by atoms with van der Waals surface area (Å²) in [4.78, 5) is 0. The van der Waals surface area contributed by atoms with Gasteiger partial charge in [-0.2, -0.15) is 0 Å². The van der Waals surface area contributed by atoms with Crippen LogP contribution in [0.5, 0.6) is 0 Å². The third kappa shape index (κ3) is 3.20. The molecule has 2 fully saturated rings. The van der Waals surface area contributed by atoms with Gasteiger partial charge in [0.25, 0.3) is 0 Å². The zero-order chi connectivity index (χ0) is 10.1. The van der Waals surface area contributed by atoms with Crippen LogP contribution in [0.4, 0.5) is 0 Å². The van der Waals surface area contributed by atoms with Gasteiger partial charge in [0.05, 0.1) is 39.6 Å². The van der Waals surface area contributed by atoms with Crippen LogP contribution in [0.15, 0.2) is 0 Å². The van der Waals surface area contributed by atoms with Gasteiger partial charge in [-0.3, -0.25) is 0 Å². The Morgan fingerprint density at radius 3 is 1.57 bits per heavy atom. The van der Waals surface area contributed by atoms with Gasteiger partial charge >= 0.3 is 0 Å². The van der Waals surface area contributed by atoms with Crippen molar-refractivity contribution in [2.75, 3.05) is 39.6 Å². The first kappa shape index (κ1) is 10.4. The van der Waals surface area contributed by atoms with E-state index in [1.807, 2.05) is 13.8 Å². The molecule has 0 aromatic rings. The maximum atomic E-state index is 5.40. The SMILES string of the molecule is CC1(COCCOCC2(C)CO2)CO1. The molecule has 0 radical (unpaired) electrons. The summed E-state index contributed by atoms with van der Waals surface area (Å²) in [6.45, 7) is 8.34. The van der Waals surface area contributed by atoms with Crippen LogP contribution in [0.1, 0.15) is 13.8 Å². The fourth-order valence-corrected chi connectivity index (χ4v) is 1.11. The molecule has 2 aliphatic heterocycles. The second-order valence-corrected chi connectivity index (χ2v) is 4.58. The van der Waals surface area contributed by atoms with Crippen LogP contribution >= 0.6 is 0 Å². The maximum Gasteiger partial charge on any atom is 0.112 e. The van der Waals surface area contributed by atoms with E-state index in [1.54, 1.807) is 0 Å². The molecule has 0 aromatic heterocycles. The molecule has 2 heterocycles. The van der Waals surface area contributed by atoms with Gasteiger partial charge in [-0.25, -0.2) is 0 Å². The highest BCUT2D eigenvalue weighted by atomic mass is 16.6. The number of rotatable bonds is 7. The van der Waals surface area contributed by atoms with Crippen LogP contribution in [0.3, 0.4) is 0 Å². The molecule has 2 atom stereocenters. The van der Waals surface area contributed by atoms with Crippen LogP contribution in [0.2, 0.25) is 0 Å². The van der Waals surface area contributed by atoms with E-state index in [0.717, 1.165) is 13.2 Å². The Morgan fingerprint density at radius 1 is 0.929 bits per heavy atom. The number of ether oxygens (including phenoxy) is 4. The standard InChI is InChI=1S/C10H18O4/c1-9(7-13-9)5-11-3-4-12-6-10(2)8-14-10/h3-8H2,1-2H3. The second kappa shape index (κ2) is 3.77. The summed E-state index contributed by atoms with van der Waals surface area (Å²) in [7, 11) is 0. The molecule has 2 unspecified atom stereocenters. The minimum Gasteiger partial charge on any atom is -0.376 e. The van der Waals surface area contributed by atoms with Crippen LogP contribution in [-0.2, 0) is 18.9 Å². The first-order valence-electron chi connectivity index (χ1n) is 5.05. The Bertz CT molecular complexity index is 174. The highest BCUT2D eigenvalue weighted by Crippen LogP contribution is 2.26. The summed E-state index contributed by atoms with van der Waals surface area (Å²) >= 11 is 0. The lowest BCUT2D eigenvalue weighted by molar-refractivity contribution is 0.0144. The fraction of sp³-hybridized carbons (Fsp3) is 1.00. The lowest BCUT2D eigenvalue weighted by Crippen LogP contribution is -2.20. The Balaban J connectivity index is 1.40. The monoisotopic (exact) mass is 202 g/mol. The van der Waals surface area contributed by atoms with E-state index >= 15 is 0 Å². The van der Waals surface area contributed by atoms with Crippen molar-refractivity contribution in [3.05, 3.63) is 0 Å². The molecular formula is C10H18O4. The largest absolute Gasteiger partial charge is 0.376 e. The van der Waals surface area contributed by atoms with Crippen LogP contribution < -0.4 is 0 Å². The minimum absolute atomic E-state index is 0.00835. The molecule has 0 aromatic carbocycles. The molecule has 4 nitrogen and oxygen atoms in total. The molecule has 82 valence electrons. The predicted molar refractivity (Wildman–Crippen MR) is 50.4 cm³/mol. The minimum atomic E-state index is -0.00835. The van der Waals surface area contributed by atoms with Crippen molar-refractivity contribution in [1.29, 1.82) is 0 Å². The molecule has 0 bridgehead atoms. The average molecular weight is 202 g/mol. The fourth-order valence-electron chi connectivity index (χ4n) is 1.11. The second-order valence-electron chi connectivity index (χ2n) is 4.58. The Hall–Kier alpha value is -0.160. The van der Waals surface area contributed by atoms with Crippen molar-refractivity contribution in [3.63, 3.8) is 0 Å². The molecule has 4 heteroatoms. The molecule has 2 aliphatic rings. The normalized spacial score (nSPS) is 39.9. The van der Waals surface area contributed by atoms with Crippen molar-refractivity contribution in [3.8, 4) is 0 Å². The van der Waals surface area contributed by atoms with Crippen molar-refractivity contribution in [1.82, 2.24) is 0 Å². The zero-order valence-corrected chi connectivity index (χ0v) is 8.88. The highest BCUT2D eigenvalue weighted by Gasteiger charge is 2.40. The summed E-state index contributed by atoms with van der Waals surface area (Å²) in [5.74, 6) is 0. The lowest BCUT2D eigenvalue weighted by atomic mass is 10.2. The third-order valence-electron chi connectivity index (χ3n) is 2.46. The van der Waals surface area contributed by atoms with Gasteiger partial charge in [-0.1, -0.05) is 0 Å². The van der Waals surface area contributed by atoms with Crippen LogP contribution in [0, 0.1) is 0 Å². The molecule has 0 saturated carbocycles. The van der Waals surface area contributed by atoms with Gasteiger partial charge in [0.15, 0.2) is 0 Å². The van der Waals surface area contributed by atoms with Crippen molar-refractivity contribution in [2.24, 2.45) is 0 Å². The van der Waals surface area contributed by atoms with Crippen molar-refractivity contribution >= 4 is 0 Å². The third-order valence-corrected chi connectivity index (χ3v) is 2.46. The van der Waals surface area contributed by atoms with Crippen LogP contribution in [0.25, 0.3) is 0 Å². The number of hydrogen-bond donors (Lipinski definition) is 0. The first-order valence-corrected chi connectivity index (χ1v) is 5.05. The zero-order valence-electron chi connectivity index (χ0n) is 8.88. The summed E-state index contributed by atoms with van der Waals surface area (Å²) < 4.78 is 21.2. The molecule has 0 spiro atoms. The average Bonchev–Trinajstić information content (AvgIpc) is 3.02. The van der Waals surface area contributed by atoms with E-state index in [0.29, 0.717) is 26.4 Å². The summed E-state index contributed by atoms with van der Waals surface area (Å²) in [6.07, 6.45) is 0. The molecule has 2 saturated heterocycles. The Labute approximate surface area is 84.5 Å². The van der Waals surface area contributed by atoms with Gasteiger partial charge in [0.2, 0.25) is 0 Å². The molecule has 0 aliphatic carbocycles. The van der Waals surface area contributed by atoms with Gasteiger partial charge in [0, 0.05) is 0 Å². The Morgan fingerprint density at radius 2 is 1.29 bits per heavy atom. The molecule has 0 amide bonds. The van der Waals surface area contributed by atoms with Crippen molar-refractivity contribution in [2.45, 2.75) is 25.0 Å².